The van der Waals surface area contributed by atoms with Crippen LogP contribution in [0.15, 0.2) is 24.3 Å². The number of amides is 3. The first-order valence-electron chi connectivity index (χ1n) is 9.84. The largest absolute Gasteiger partial charge is 0.508 e. The summed E-state index contributed by atoms with van der Waals surface area (Å²) in [7, 11) is 1.12. The van der Waals surface area contributed by atoms with Gasteiger partial charge in [0.2, 0.25) is 11.8 Å². The van der Waals surface area contributed by atoms with Gasteiger partial charge in [-0.05, 0) is 36.5 Å². The highest BCUT2D eigenvalue weighted by Crippen LogP contribution is 2.59. The molecule has 2 N–H and O–H groups in total. The standard InChI is InChI=1S/C21H25NO7/c1-10(2)14-8-13-17(19(25)22(18(13)24)20(26)28-3)15-9-16(29-21(14,15)27)11-4-6-12(23)7-5-11/h4-7,10,13-17,23,27H,8-9H2,1-3H3/t13-,14+,15-,16-,17-,21+/m0/s1. The second kappa shape index (κ2) is 6.81. The molecule has 6 atom stereocenters. The smallest absolute Gasteiger partial charge is 0.423 e. The molecule has 3 aliphatic rings. The zero-order valence-electron chi connectivity index (χ0n) is 16.6. The van der Waals surface area contributed by atoms with Crippen molar-refractivity contribution in [1.29, 1.82) is 0 Å². The molecule has 1 aromatic carbocycles. The Morgan fingerprint density at radius 3 is 2.45 bits per heavy atom. The lowest BCUT2D eigenvalue weighted by Crippen LogP contribution is -2.55. The van der Waals surface area contributed by atoms with Crippen LogP contribution >= 0.6 is 0 Å². The van der Waals surface area contributed by atoms with Gasteiger partial charge in [0, 0.05) is 11.8 Å². The Hall–Kier alpha value is -2.45. The number of benzene rings is 1. The number of fused-ring (bicyclic) bond motifs is 3. The molecular formula is C21H25NO7. The van der Waals surface area contributed by atoms with E-state index in [0.29, 0.717) is 11.3 Å². The van der Waals surface area contributed by atoms with Gasteiger partial charge in [0.1, 0.15) is 5.75 Å². The van der Waals surface area contributed by atoms with E-state index in [1.54, 1.807) is 12.1 Å². The lowest BCUT2D eigenvalue weighted by atomic mass is 9.62. The number of likely N-dealkylation sites (tertiary alicyclic amines) is 1. The SMILES string of the molecule is COC(=O)N1C(=O)[C@H]2[C@H](C[C@H](C(C)C)[C@@]3(O)O[C@H](c4ccc(O)cc4)C[C@@H]23)C1=O. The maximum absolute atomic E-state index is 13.0. The summed E-state index contributed by atoms with van der Waals surface area (Å²) in [4.78, 5) is 38.5. The molecule has 1 aromatic rings. The van der Waals surface area contributed by atoms with Crippen LogP contribution in [0.25, 0.3) is 0 Å². The minimum absolute atomic E-state index is 0.00269. The molecule has 3 fully saturated rings. The molecular weight excluding hydrogens is 378 g/mol. The topological polar surface area (TPSA) is 113 Å². The molecule has 2 saturated heterocycles. The van der Waals surface area contributed by atoms with Crippen molar-refractivity contribution in [3.05, 3.63) is 29.8 Å². The van der Waals surface area contributed by atoms with Crippen LogP contribution in [0.4, 0.5) is 4.79 Å². The first-order chi connectivity index (χ1) is 13.7. The molecule has 2 heterocycles. The van der Waals surface area contributed by atoms with E-state index in [4.69, 9.17) is 4.74 Å². The second-order valence-electron chi connectivity index (χ2n) is 8.49. The van der Waals surface area contributed by atoms with E-state index in [1.807, 2.05) is 13.8 Å². The van der Waals surface area contributed by atoms with Gasteiger partial charge in [0.05, 0.1) is 25.0 Å². The van der Waals surface area contributed by atoms with Gasteiger partial charge in [-0.1, -0.05) is 26.0 Å². The molecule has 156 valence electrons. The Bertz CT molecular complexity index is 851. The summed E-state index contributed by atoms with van der Waals surface area (Å²) >= 11 is 0. The fourth-order valence-corrected chi connectivity index (χ4v) is 5.33. The van der Waals surface area contributed by atoms with Crippen LogP contribution in [0.2, 0.25) is 0 Å². The van der Waals surface area contributed by atoms with Crippen molar-refractivity contribution in [3.63, 3.8) is 0 Å². The van der Waals surface area contributed by atoms with Crippen LogP contribution in [0.1, 0.15) is 38.4 Å². The van der Waals surface area contributed by atoms with Crippen LogP contribution in [-0.4, -0.2) is 45.9 Å². The van der Waals surface area contributed by atoms with E-state index in [9.17, 15) is 24.6 Å². The van der Waals surface area contributed by atoms with Gasteiger partial charge < -0.3 is 19.7 Å². The quantitative estimate of drug-likeness (QED) is 0.728. The Kier molecular flexibility index (Phi) is 4.66. The normalized spacial score (nSPS) is 36.3. The molecule has 1 aliphatic carbocycles. The molecule has 3 amide bonds. The number of aromatic hydroxyl groups is 1. The van der Waals surface area contributed by atoms with E-state index < -0.39 is 47.6 Å². The van der Waals surface area contributed by atoms with Crippen LogP contribution in [0.5, 0.6) is 5.75 Å². The Balaban J connectivity index is 1.73. The van der Waals surface area contributed by atoms with Gasteiger partial charge in [-0.15, -0.1) is 0 Å². The molecule has 8 nitrogen and oxygen atoms in total. The van der Waals surface area contributed by atoms with Crippen molar-refractivity contribution in [2.24, 2.45) is 29.6 Å². The lowest BCUT2D eigenvalue weighted by Gasteiger charge is -2.46. The number of phenols is 1. The number of aliphatic hydroxyl groups is 1. The van der Waals surface area contributed by atoms with Gasteiger partial charge >= 0.3 is 6.09 Å². The van der Waals surface area contributed by atoms with Crippen molar-refractivity contribution in [2.45, 2.75) is 38.6 Å². The maximum Gasteiger partial charge on any atom is 0.423 e. The van der Waals surface area contributed by atoms with E-state index in [-0.39, 0.29) is 24.0 Å². The highest BCUT2D eigenvalue weighted by Gasteiger charge is 2.68. The summed E-state index contributed by atoms with van der Waals surface area (Å²) in [5, 5.41) is 21.1. The van der Waals surface area contributed by atoms with E-state index in [1.165, 1.54) is 12.1 Å². The summed E-state index contributed by atoms with van der Waals surface area (Å²) in [5.41, 5.74) is 0.770. The third-order valence-corrected chi connectivity index (χ3v) is 6.71. The average molecular weight is 403 g/mol. The average Bonchev–Trinajstić information content (AvgIpc) is 3.15. The minimum Gasteiger partial charge on any atom is -0.508 e. The van der Waals surface area contributed by atoms with Gasteiger partial charge in [0.25, 0.3) is 0 Å². The Morgan fingerprint density at radius 2 is 1.86 bits per heavy atom. The van der Waals surface area contributed by atoms with Gasteiger partial charge in [-0.2, -0.15) is 4.90 Å². The van der Waals surface area contributed by atoms with Crippen LogP contribution in [0.3, 0.4) is 0 Å². The van der Waals surface area contributed by atoms with Crippen molar-refractivity contribution in [2.75, 3.05) is 7.11 Å². The number of carbonyl (C=O) groups excluding carboxylic acids is 3. The van der Waals surface area contributed by atoms with Gasteiger partial charge in [-0.3, -0.25) is 9.59 Å². The number of imide groups is 3. The lowest BCUT2D eigenvalue weighted by molar-refractivity contribution is -0.276. The number of phenolic OH excluding ortho intramolecular Hbond substituents is 1. The molecule has 1 saturated carbocycles. The number of ether oxygens (including phenoxy) is 2. The number of hydrogen-bond donors (Lipinski definition) is 2. The highest BCUT2D eigenvalue weighted by molar-refractivity contribution is 6.15. The predicted octanol–water partition coefficient (Wildman–Crippen LogP) is 2.20. The zero-order valence-corrected chi connectivity index (χ0v) is 16.6. The minimum atomic E-state index is -1.58. The summed E-state index contributed by atoms with van der Waals surface area (Å²) in [6.07, 6.45) is -0.885. The number of carbonyl (C=O) groups is 3. The van der Waals surface area contributed by atoms with E-state index >= 15 is 0 Å². The zero-order chi connectivity index (χ0) is 21.1. The summed E-state index contributed by atoms with van der Waals surface area (Å²) in [5.74, 6) is -5.17. The molecule has 0 bridgehead atoms. The molecule has 4 rings (SSSR count). The van der Waals surface area contributed by atoms with Crippen molar-refractivity contribution in [1.82, 2.24) is 4.90 Å². The van der Waals surface area contributed by atoms with Crippen LogP contribution in [-0.2, 0) is 19.1 Å². The van der Waals surface area contributed by atoms with Crippen molar-refractivity contribution >= 4 is 17.9 Å². The van der Waals surface area contributed by atoms with Crippen LogP contribution < -0.4 is 0 Å². The predicted molar refractivity (Wildman–Crippen MR) is 99.2 cm³/mol. The summed E-state index contributed by atoms with van der Waals surface area (Å²) in [6, 6.07) is 6.50. The molecule has 0 spiro atoms. The Labute approximate surface area is 168 Å². The van der Waals surface area contributed by atoms with E-state index in [0.717, 1.165) is 12.7 Å². The number of nitrogens with zero attached hydrogens (tertiary/aromatic N) is 1. The number of methoxy groups -OCH3 is 1. The van der Waals surface area contributed by atoms with E-state index in [2.05, 4.69) is 4.74 Å². The molecule has 0 aromatic heterocycles. The fourth-order valence-electron chi connectivity index (χ4n) is 5.33. The molecule has 8 heteroatoms. The molecule has 0 unspecified atom stereocenters. The third-order valence-electron chi connectivity index (χ3n) is 6.71. The van der Waals surface area contributed by atoms with Gasteiger partial charge in [0.15, 0.2) is 5.79 Å². The highest BCUT2D eigenvalue weighted by atomic mass is 16.6. The second-order valence-corrected chi connectivity index (χ2v) is 8.49. The summed E-state index contributed by atoms with van der Waals surface area (Å²) < 4.78 is 10.8. The number of hydrogen-bond acceptors (Lipinski definition) is 7. The first-order valence-corrected chi connectivity index (χ1v) is 9.84. The van der Waals surface area contributed by atoms with Crippen molar-refractivity contribution in [3.8, 4) is 5.75 Å². The van der Waals surface area contributed by atoms with Crippen LogP contribution in [0, 0.1) is 29.6 Å². The van der Waals surface area contributed by atoms with Crippen molar-refractivity contribution < 1.29 is 34.1 Å². The fraction of sp³-hybridized carbons (Fsp3) is 0.571. The first kappa shape index (κ1) is 19.8. The monoisotopic (exact) mass is 403 g/mol. The number of rotatable bonds is 2. The molecule has 29 heavy (non-hydrogen) atoms. The Morgan fingerprint density at radius 1 is 1.21 bits per heavy atom. The van der Waals surface area contributed by atoms with Gasteiger partial charge in [-0.25, -0.2) is 4.79 Å². The third kappa shape index (κ3) is 2.85. The maximum atomic E-state index is 13.0. The summed E-state index contributed by atoms with van der Waals surface area (Å²) in [6.45, 7) is 3.88. The molecule has 2 aliphatic heterocycles. The molecule has 0 radical (unpaired) electrons.